The van der Waals surface area contributed by atoms with Crippen LogP contribution in [0, 0.1) is 0 Å². The molecule has 0 spiro atoms. The highest BCUT2D eigenvalue weighted by Gasteiger charge is 2.33. The summed E-state index contributed by atoms with van der Waals surface area (Å²) >= 11 is 0. The number of amides is 2. The second kappa shape index (κ2) is 16.0. The monoisotopic (exact) mass is 641 g/mol. The van der Waals surface area contributed by atoms with Crippen molar-refractivity contribution in [3.8, 4) is 23.0 Å². The van der Waals surface area contributed by atoms with Crippen molar-refractivity contribution in [3.63, 3.8) is 0 Å². The topological polar surface area (TPSA) is 124 Å². The first-order valence-electron chi connectivity index (χ1n) is 14.7. The largest absolute Gasteiger partial charge is 0.497 e. The van der Waals surface area contributed by atoms with Crippen LogP contribution < -0.4 is 28.6 Å². The van der Waals surface area contributed by atoms with E-state index in [4.69, 9.17) is 18.9 Å². The maximum atomic E-state index is 14.2. The molecule has 3 aromatic carbocycles. The Bertz CT molecular complexity index is 1550. The maximum Gasteiger partial charge on any atom is 0.264 e. The molecule has 0 aromatic heterocycles. The number of hydrogen-bond donors (Lipinski definition) is 1. The summed E-state index contributed by atoms with van der Waals surface area (Å²) in [7, 11) is 0.0686. The fourth-order valence-electron chi connectivity index (χ4n) is 4.52. The number of carbonyl (C=O) groups is 2. The predicted molar refractivity (Wildman–Crippen MR) is 173 cm³/mol. The highest BCUT2D eigenvalue weighted by Crippen LogP contribution is 2.33. The van der Waals surface area contributed by atoms with E-state index < -0.39 is 28.5 Å². The molecule has 0 saturated heterocycles. The number of carbonyl (C=O) groups excluding carboxylic acids is 2. The Balaban J connectivity index is 2.09. The first-order valence-corrected chi connectivity index (χ1v) is 16.1. The van der Waals surface area contributed by atoms with E-state index in [0.29, 0.717) is 35.8 Å². The molecule has 3 rings (SSSR count). The molecule has 0 heterocycles. The molecule has 0 aliphatic carbocycles. The number of nitrogens with zero attached hydrogens (tertiary/aromatic N) is 2. The average molecular weight is 642 g/mol. The summed E-state index contributed by atoms with van der Waals surface area (Å²) in [6.07, 6.45) is 0.706. The third-order valence-corrected chi connectivity index (χ3v) is 9.08. The summed E-state index contributed by atoms with van der Waals surface area (Å²) in [5, 5.41) is 2.93. The van der Waals surface area contributed by atoms with Gasteiger partial charge in [0.15, 0.2) is 11.5 Å². The van der Waals surface area contributed by atoms with E-state index in [2.05, 4.69) is 5.32 Å². The Morgan fingerprint density at radius 3 is 2.13 bits per heavy atom. The van der Waals surface area contributed by atoms with Crippen LogP contribution in [0.25, 0.3) is 0 Å². The molecule has 0 unspecified atom stereocenters. The van der Waals surface area contributed by atoms with E-state index in [-0.39, 0.29) is 34.8 Å². The third kappa shape index (κ3) is 8.81. The van der Waals surface area contributed by atoms with Crippen molar-refractivity contribution in [2.45, 2.75) is 57.6 Å². The van der Waals surface area contributed by atoms with Crippen molar-refractivity contribution in [1.82, 2.24) is 10.2 Å². The molecule has 2 atom stereocenters. The van der Waals surface area contributed by atoms with Crippen LogP contribution >= 0.6 is 0 Å². The van der Waals surface area contributed by atoms with Gasteiger partial charge in [0.2, 0.25) is 11.8 Å². The fourth-order valence-corrected chi connectivity index (χ4v) is 5.95. The number of ether oxygens (including phenoxy) is 4. The van der Waals surface area contributed by atoms with Crippen molar-refractivity contribution in [2.24, 2.45) is 0 Å². The Labute approximate surface area is 266 Å². The summed E-state index contributed by atoms with van der Waals surface area (Å²) in [5.74, 6) is 0.769. The molecule has 0 aliphatic heterocycles. The van der Waals surface area contributed by atoms with Gasteiger partial charge in [0.05, 0.1) is 38.5 Å². The number of benzene rings is 3. The summed E-state index contributed by atoms with van der Waals surface area (Å²) in [6, 6.07) is 16.7. The smallest absolute Gasteiger partial charge is 0.264 e. The predicted octanol–water partition coefficient (Wildman–Crippen LogP) is 4.64. The molecule has 45 heavy (non-hydrogen) atoms. The van der Waals surface area contributed by atoms with Crippen LogP contribution in [0.3, 0.4) is 0 Å². The van der Waals surface area contributed by atoms with Gasteiger partial charge in [-0.15, -0.1) is 0 Å². The number of nitrogens with one attached hydrogen (secondary N) is 1. The molecule has 0 fully saturated rings. The van der Waals surface area contributed by atoms with Crippen LogP contribution in [-0.2, 0) is 26.2 Å². The van der Waals surface area contributed by atoms with Crippen LogP contribution in [0.1, 0.15) is 39.7 Å². The first kappa shape index (κ1) is 35.0. The van der Waals surface area contributed by atoms with Crippen LogP contribution in [0.2, 0.25) is 0 Å². The van der Waals surface area contributed by atoms with Gasteiger partial charge in [-0.3, -0.25) is 13.9 Å². The quantitative estimate of drug-likeness (QED) is 0.240. The highest BCUT2D eigenvalue weighted by atomic mass is 32.2. The molecule has 3 aromatic rings. The third-order valence-electron chi connectivity index (χ3n) is 7.31. The molecule has 0 saturated carbocycles. The number of hydrogen-bond acceptors (Lipinski definition) is 8. The number of methoxy groups -OCH3 is 3. The molecular weight excluding hydrogens is 598 g/mol. The Kier molecular flexibility index (Phi) is 12.5. The van der Waals surface area contributed by atoms with Gasteiger partial charge in [0, 0.05) is 18.7 Å². The van der Waals surface area contributed by atoms with Gasteiger partial charge in [0.1, 0.15) is 24.1 Å². The van der Waals surface area contributed by atoms with E-state index in [0.717, 1.165) is 4.31 Å². The van der Waals surface area contributed by atoms with E-state index in [1.54, 1.807) is 49.4 Å². The van der Waals surface area contributed by atoms with Gasteiger partial charge < -0.3 is 29.2 Å². The number of sulfonamides is 1. The SMILES string of the molecule is CCOc1ccc(N(CC(=O)N(Cc2cccc(OC)c2)[C@H](C)C(=O)N[C@@H](C)CC)S(=O)(=O)c2ccc(OC)c(OC)c2)cc1. The summed E-state index contributed by atoms with van der Waals surface area (Å²) in [6.45, 7) is 7.18. The minimum absolute atomic E-state index is 0.0403. The average Bonchev–Trinajstić information content (AvgIpc) is 3.05. The molecule has 0 bridgehead atoms. The van der Waals surface area contributed by atoms with Crippen LogP contribution in [0.5, 0.6) is 23.0 Å². The van der Waals surface area contributed by atoms with Gasteiger partial charge in [-0.05, 0) is 81.3 Å². The molecule has 11 nitrogen and oxygen atoms in total. The summed E-state index contributed by atoms with van der Waals surface area (Å²) in [5.41, 5.74) is 0.945. The summed E-state index contributed by atoms with van der Waals surface area (Å²) in [4.78, 5) is 28.7. The minimum atomic E-state index is -4.33. The van der Waals surface area contributed by atoms with E-state index >= 15 is 0 Å². The van der Waals surface area contributed by atoms with E-state index in [1.165, 1.54) is 44.4 Å². The lowest BCUT2D eigenvalue weighted by atomic mass is 10.1. The zero-order chi connectivity index (χ0) is 33.1. The Morgan fingerprint density at radius 2 is 1.53 bits per heavy atom. The second-order valence-corrected chi connectivity index (χ2v) is 12.2. The molecule has 0 aliphatic rings. The highest BCUT2D eigenvalue weighted by molar-refractivity contribution is 7.92. The Morgan fingerprint density at radius 1 is 0.844 bits per heavy atom. The van der Waals surface area contributed by atoms with Crippen molar-refractivity contribution in [1.29, 1.82) is 0 Å². The van der Waals surface area contributed by atoms with Gasteiger partial charge in [-0.1, -0.05) is 19.1 Å². The molecule has 1 N–H and O–H groups in total. The van der Waals surface area contributed by atoms with Crippen LogP contribution in [0.4, 0.5) is 5.69 Å². The van der Waals surface area contributed by atoms with Gasteiger partial charge in [0.25, 0.3) is 10.0 Å². The number of anilines is 1. The molecule has 0 radical (unpaired) electrons. The van der Waals surface area contributed by atoms with Crippen molar-refractivity contribution in [2.75, 3.05) is 38.8 Å². The molecule has 12 heteroatoms. The van der Waals surface area contributed by atoms with E-state index in [1.807, 2.05) is 26.8 Å². The van der Waals surface area contributed by atoms with E-state index in [9.17, 15) is 18.0 Å². The van der Waals surface area contributed by atoms with Crippen molar-refractivity contribution < 1.29 is 37.0 Å². The fraction of sp³-hybridized carbons (Fsp3) is 0.394. The van der Waals surface area contributed by atoms with Gasteiger partial charge >= 0.3 is 0 Å². The molecule has 244 valence electrons. The lowest BCUT2D eigenvalue weighted by molar-refractivity contribution is -0.139. The van der Waals surface area contributed by atoms with Gasteiger partial charge in [-0.2, -0.15) is 0 Å². The maximum absolute atomic E-state index is 14.2. The first-order chi connectivity index (χ1) is 21.5. The molecular formula is C33H43N3O8S. The molecule has 2 amide bonds. The van der Waals surface area contributed by atoms with Crippen LogP contribution in [-0.4, -0.2) is 71.7 Å². The van der Waals surface area contributed by atoms with Crippen molar-refractivity contribution in [3.05, 3.63) is 72.3 Å². The lowest BCUT2D eigenvalue weighted by Gasteiger charge is -2.32. The normalized spacial score (nSPS) is 12.4. The Hall–Kier alpha value is -4.45. The zero-order valence-electron chi connectivity index (χ0n) is 26.9. The van der Waals surface area contributed by atoms with Gasteiger partial charge in [-0.25, -0.2) is 8.42 Å². The zero-order valence-corrected chi connectivity index (χ0v) is 27.7. The van der Waals surface area contributed by atoms with Crippen molar-refractivity contribution >= 4 is 27.5 Å². The number of rotatable bonds is 16. The standard InChI is InChI=1S/C33H43N3O8S/c1-8-23(3)34-33(38)24(4)35(21-25-11-10-12-28(19-25)41-5)32(37)22-36(26-13-15-27(16-14-26)44-9-2)45(39,40)29-17-18-30(42-6)31(20-29)43-7/h10-20,23-24H,8-9,21-22H2,1-7H3,(H,34,38)/t23-,24+/m0/s1. The summed E-state index contributed by atoms with van der Waals surface area (Å²) < 4.78 is 51.0. The second-order valence-electron chi connectivity index (χ2n) is 10.3. The van der Waals surface area contributed by atoms with Crippen LogP contribution in [0.15, 0.2) is 71.6 Å². The lowest BCUT2D eigenvalue weighted by Crippen LogP contribution is -2.52. The minimum Gasteiger partial charge on any atom is -0.497 e.